The number of thioether (sulfide) groups is 1. The summed E-state index contributed by atoms with van der Waals surface area (Å²) < 4.78 is 0. The SMILES string of the molecule is CC1CSCCN1c1c(N)cccc1Cl. The normalized spacial score (nSPS) is 21.7. The molecule has 0 aromatic heterocycles. The molecule has 15 heavy (non-hydrogen) atoms. The molecule has 1 aliphatic heterocycles. The average Bonchev–Trinajstić information content (AvgIpc) is 2.20. The molecule has 0 amide bonds. The zero-order chi connectivity index (χ0) is 10.8. The van der Waals surface area contributed by atoms with E-state index in [2.05, 4.69) is 11.8 Å². The lowest BCUT2D eigenvalue weighted by molar-refractivity contribution is 0.701. The van der Waals surface area contributed by atoms with Gasteiger partial charge in [0.25, 0.3) is 0 Å². The minimum atomic E-state index is 0.506. The van der Waals surface area contributed by atoms with Gasteiger partial charge in [0, 0.05) is 24.1 Å². The minimum Gasteiger partial charge on any atom is -0.397 e. The van der Waals surface area contributed by atoms with Crippen LogP contribution in [0.3, 0.4) is 0 Å². The number of nitrogen functional groups attached to an aromatic ring is 1. The Labute approximate surface area is 99.8 Å². The van der Waals surface area contributed by atoms with Gasteiger partial charge in [0.1, 0.15) is 0 Å². The van der Waals surface area contributed by atoms with Crippen LogP contribution in [0.25, 0.3) is 0 Å². The Hall–Kier alpha value is -0.540. The van der Waals surface area contributed by atoms with Crippen molar-refractivity contribution in [3.05, 3.63) is 23.2 Å². The Kier molecular flexibility index (Phi) is 3.32. The quantitative estimate of drug-likeness (QED) is 0.768. The van der Waals surface area contributed by atoms with Gasteiger partial charge < -0.3 is 10.6 Å². The number of hydrogen-bond donors (Lipinski definition) is 1. The molecule has 0 bridgehead atoms. The Morgan fingerprint density at radius 3 is 3.00 bits per heavy atom. The fraction of sp³-hybridized carbons (Fsp3) is 0.455. The molecule has 1 aromatic rings. The third-order valence-electron chi connectivity index (χ3n) is 2.67. The van der Waals surface area contributed by atoms with E-state index < -0.39 is 0 Å². The van der Waals surface area contributed by atoms with Crippen LogP contribution in [0, 0.1) is 0 Å². The number of halogens is 1. The second-order valence-electron chi connectivity index (χ2n) is 3.80. The molecule has 1 fully saturated rings. The maximum atomic E-state index is 6.20. The molecule has 4 heteroatoms. The van der Waals surface area contributed by atoms with E-state index in [0.29, 0.717) is 6.04 Å². The molecule has 82 valence electrons. The molecule has 1 atom stereocenters. The third-order valence-corrected chi connectivity index (χ3v) is 4.17. The number of hydrogen-bond acceptors (Lipinski definition) is 3. The highest BCUT2D eigenvalue weighted by molar-refractivity contribution is 7.99. The number of rotatable bonds is 1. The van der Waals surface area contributed by atoms with Gasteiger partial charge in [0.2, 0.25) is 0 Å². The number of anilines is 2. The summed E-state index contributed by atoms with van der Waals surface area (Å²) in [6, 6.07) is 6.22. The molecule has 1 aliphatic rings. The fourth-order valence-corrected chi connectivity index (χ4v) is 3.20. The largest absolute Gasteiger partial charge is 0.397 e. The summed E-state index contributed by atoms with van der Waals surface area (Å²) in [5.74, 6) is 2.29. The van der Waals surface area contributed by atoms with Gasteiger partial charge in [-0.25, -0.2) is 0 Å². The highest BCUT2D eigenvalue weighted by Gasteiger charge is 2.22. The van der Waals surface area contributed by atoms with E-state index in [1.54, 1.807) is 0 Å². The smallest absolute Gasteiger partial charge is 0.0792 e. The molecule has 1 unspecified atom stereocenters. The zero-order valence-corrected chi connectivity index (χ0v) is 10.3. The second-order valence-corrected chi connectivity index (χ2v) is 5.35. The monoisotopic (exact) mass is 242 g/mol. The van der Waals surface area contributed by atoms with Gasteiger partial charge in [-0.2, -0.15) is 11.8 Å². The predicted octanol–water partition coefficient (Wildman–Crippen LogP) is 2.86. The van der Waals surface area contributed by atoms with Crippen molar-refractivity contribution in [3.8, 4) is 0 Å². The van der Waals surface area contributed by atoms with E-state index in [0.717, 1.165) is 34.4 Å². The van der Waals surface area contributed by atoms with Crippen LogP contribution in [-0.4, -0.2) is 24.1 Å². The summed E-state index contributed by atoms with van der Waals surface area (Å²) in [4.78, 5) is 2.31. The first-order chi connectivity index (χ1) is 7.20. The van der Waals surface area contributed by atoms with Crippen molar-refractivity contribution in [3.63, 3.8) is 0 Å². The van der Waals surface area contributed by atoms with Crippen molar-refractivity contribution in [1.29, 1.82) is 0 Å². The van der Waals surface area contributed by atoms with Crippen molar-refractivity contribution in [2.45, 2.75) is 13.0 Å². The highest BCUT2D eigenvalue weighted by Crippen LogP contribution is 2.35. The molecule has 1 heterocycles. The van der Waals surface area contributed by atoms with Crippen LogP contribution in [-0.2, 0) is 0 Å². The van der Waals surface area contributed by atoms with E-state index in [4.69, 9.17) is 17.3 Å². The van der Waals surface area contributed by atoms with Gasteiger partial charge in [-0.3, -0.25) is 0 Å². The number of para-hydroxylation sites is 1. The second kappa shape index (κ2) is 4.54. The maximum absolute atomic E-state index is 6.20. The summed E-state index contributed by atoms with van der Waals surface area (Å²) in [7, 11) is 0. The Balaban J connectivity index is 2.35. The predicted molar refractivity (Wildman–Crippen MR) is 70.0 cm³/mol. The number of benzene rings is 1. The summed E-state index contributed by atoms with van der Waals surface area (Å²) in [6.07, 6.45) is 0. The van der Waals surface area contributed by atoms with Crippen LogP contribution in [0.1, 0.15) is 6.92 Å². The third kappa shape index (κ3) is 2.18. The van der Waals surface area contributed by atoms with Crippen LogP contribution in [0.2, 0.25) is 5.02 Å². The van der Waals surface area contributed by atoms with Gasteiger partial charge in [-0.15, -0.1) is 0 Å². The number of nitrogens with zero attached hydrogens (tertiary/aromatic N) is 1. The first-order valence-corrected chi connectivity index (χ1v) is 6.62. The van der Waals surface area contributed by atoms with Crippen LogP contribution in [0.15, 0.2) is 18.2 Å². The standard InChI is InChI=1S/C11H15ClN2S/c1-8-7-15-6-5-14(8)11-9(12)3-2-4-10(11)13/h2-4,8H,5-7,13H2,1H3. The zero-order valence-electron chi connectivity index (χ0n) is 8.74. The van der Waals surface area contributed by atoms with E-state index in [9.17, 15) is 0 Å². The van der Waals surface area contributed by atoms with Gasteiger partial charge in [-0.05, 0) is 19.1 Å². The van der Waals surface area contributed by atoms with Crippen molar-refractivity contribution in [1.82, 2.24) is 0 Å². The molecule has 0 spiro atoms. The minimum absolute atomic E-state index is 0.506. The first-order valence-electron chi connectivity index (χ1n) is 5.08. The van der Waals surface area contributed by atoms with Crippen LogP contribution >= 0.6 is 23.4 Å². The van der Waals surface area contributed by atoms with E-state index >= 15 is 0 Å². The molecule has 2 rings (SSSR count). The highest BCUT2D eigenvalue weighted by atomic mass is 35.5. The summed E-state index contributed by atoms with van der Waals surface area (Å²) in [5, 5.41) is 0.758. The number of nitrogens with two attached hydrogens (primary N) is 1. The lowest BCUT2D eigenvalue weighted by Crippen LogP contribution is -2.40. The maximum Gasteiger partial charge on any atom is 0.0792 e. The topological polar surface area (TPSA) is 29.3 Å². The molecule has 2 nitrogen and oxygen atoms in total. The molecule has 2 N–H and O–H groups in total. The summed E-state index contributed by atoms with van der Waals surface area (Å²) in [6.45, 7) is 3.24. The van der Waals surface area contributed by atoms with Crippen molar-refractivity contribution >= 4 is 34.7 Å². The lowest BCUT2D eigenvalue weighted by atomic mass is 10.2. The fourth-order valence-electron chi connectivity index (χ4n) is 1.89. The summed E-state index contributed by atoms with van der Waals surface area (Å²) in [5.41, 5.74) is 7.77. The van der Waals surface area contributed by atoms with Crippen LogP contribution < -0.4 is 10.6 Å². The Morgan fingerprint density at radius 1 is 1.53 bits per heavy atom. The first kappa shape index (κ1) is 11.0. The molecular weight excluding hydrogens is 228 g/mol. The molecule has 0 aliphatic carbocycles. The van der Waals surface area contributed by atoms with Gasteiger partial charge in [0.05, 0.1) is 16.4 Å². The van der Waals surface area contributed by atoms with E-state index in [1.807, 2.05) is 30.0 Å². The van der Waals surface area contributed by atoms with Crippen molar-refractivity contribution < 1.29 is 0 Å². The molecular formula is C11H15ClN2S. The molecule has 1 saturated heterocycles. The Bertz CT molecular complexity index is 336. The van der Waals surface area contributed by atoms with Gasteiger partial charge in [-0.1, -0.05) is 17.7 Å². The van der Waals surface area contributed by atoms with Crippen LogP contribution in [0.4, 0.5) is 11.4 Å². The van der Waals surface area contributed by atoms with Crippen LogP contribution in [0.5, 0.6) is 0 Å². The van der Waals surface area contributed by atoms with Gasteiger partial charge in [0.15, 0.2) is 0 Å². The molecule has 1 aromatic carbocycles. The van der Waals surface area contributed by atoms with E-state index in [1.165, 1.54) is 0 Å². The molecule has 0 saturated carbocycles. The molecule has 0 radical (unpaired) electrons. The Morgan fingerprint density at radius 2 is 2.33 bits per heavy atom. The summed E-state index contributed by atoms with van der Waals surface area (Å²) >= 11 is 8.19. The lowest BCUT2D eigenvalue weighted by Gasteiger charge is -2.36. The average molecular weight is 243 g/mol. The van der Waals surface area contributed by atoms with Gasteiger partial charge >= 0.3 is 0 Å². The van der Waals surface area contributed by atoms with Crippen molar-refractivity contribution in [2.75, 3.05) is 28.7 Å². The van der Waals surface area contributed by atoms with E-state index in [-0.39, 0.29) is 0 Å². The van der Waals surface area contributed by atoms with Crippen molar-refractivity contribution in [2.24, 2.45) is 0 Å².